The van der Waals surface area contributed by atoms with E-state index < -0.39 is 43.3 Å². The third-order valence-electron chi connectivity index (χ3n) is 1.98. The van der Waals surface area contributed by atoms with Gasteiger partial charge in [-0.05, 0) is 0 Å². The fourth-order valence-electron chi connectivity index (χ4n) is 0.772. The summed E-state index contributed by atoms with van der Waals surface area (Å²) in [5.74, 6) is -15.1. The zero-order valence-electron chi connectivity index (χ0n) is 9.15. The van der Waals surface area contributed by atoms with Crippen LogP contribution in [0.15, 0.2) is 0 Å². The van der Waals surface area contributed by atoms with Crippen LogP contribution in [-0.4, -0.2) is 35.5 Å². The van der Waals surface area contributed by atoms with Crippen LogP contribution in [0, 0.1) is 0 Å². The van der Waals surface area contributed by atoms with Gasteiger partial charge < -0.3 is 0 Å². The zero-order valence-corrected chi connectivity index (χ0v) is 10.0. The van der Waals surface area contributed by atoms with Gasteiger partial charge in [-0.25, -0.2) is 0 Å². The van der Waals surface area contributed by atoms with Gasteiger partial charge >= 0.3 is 35.5 Å². The monoisotopic (exact) mass is 385 g/mol. The molecule has 133 valence electrons. The molecule has 0 saturated heterocycles. The Labute approximate surface area is 111 Å². The van der Waals surface area contributed by atoms with Crippen molar-refractivity contribution >= 4 is 7.80 Å². The quantitative estimate of drug-likeness (QED) is 0.468. The van der Waals surface area contributed by atoms with Gasteiger partial charge in [0, 0.05) is 0 Å². The van der Waals surface area contributed by atoms with Crippen molar-refractivity contribution in [1.82, 2.24) is 0 Å². The molecule has 0 atom stereocenters. The molecule has 0 aromatic rings. The largest absolute Gasteiger partial charge is 0.460 e. The zero-order chi connectivity index (χ0) is 18.6. The summed E-state index contributed by atoms with van der Waals surface area (Å²) in [6, 6.07) is 0. The Hall–Kier alpha value is -0.880. The smallest absolute Gasteiger partial charge is 0.274 e. The van der Waals surface area contributed by atoms with Crippen molar-refractivity contribution in [1.29, 1.82) is 0 Å². The molecular formula is C6F14OP. The first-order valence-corrected chi connectivity index (χ1v) is 5.54. The normalized spacial score (nSPS) is 15.9. The van der Waals surface area contributed by atoms with Crippen LogP contribution in [-0.2, 0) is 4.57 Å². The van der Waals surface area contributed by atoms with Gasteiger partial charge in [0.15, 0.2) is 0 Å². The summed E-state index contributed by atoms with van der Waals surface area (Å²) in [5.41, 5.74) is -14.9. The second-order valence-corrected chi connectivity index (χ2v) is 5.23. The predicted octanol–water partition coefficient (Wildman–Crippen LogP) is 5.39. The lowest BCUT2D eigenvalue weighted by molar-refractivity contribution is -0.344. The van der Waals surface area contributed by atoms with Gasteiger partial charge in [0.25, 0.3) is 0 Å². The lowest BCUT2D eigenvalue weighted by Crippen LogP contribution is -2.56. The number of hydrogen-bond donors (Lipinski definition) is 0. The van der Waals surface area contributed by atoms with E-state index in [2.05, 4.69) is 0 Å². The Morgan fingerprint density at radius 2 is 0.636 bits per heavy atom. The maximum Gasteiger partial charge on any atom is 0.460 e. The van der Waals surface area contributed by atoms with Gasteiger partial charge in [-0.3, -0.25) is 4.57 Å². The minimum Gasteiger partial charge on any atom is -0.274 e. The summed E-state index contributed by atoms with van der Waals surface area (Å²) in [7, 11) is -7.03. The van der Waals surface area contributed by atoms with Crippen LogP contribution in [0.5, 0.6) is 0 Å². The fraction of sp³-hybridized carbons (Fsp3) is 1.00. The van der Waals surface area contributed by atoms with Crippen LogP contribution >= 0.6 is 7.80 Å². The van der Waals surface area contributed by atoms with Crippen LogP contribution < -0.4 is 0 Å². The summed E-state index contributed by atoms with van der Waals surface area (Å²) in [6.45, 7) is 0. The summed E-state index contributed by atoms with van der Waals surface area (Å²) in [4.78, 5) is 0. The summed E-state index contributed by atoms with van der Waals surface area (Å²) < 4.78 is 179. The topological polar surface area (TPSA) is 17.1 Å². The van der Waals surface area contributed by atoms with Crippen molar-refractivity contribution < 1.29 is 66.0 Å². The minimum atomic E-state index is -7.54. The van der Waals surface area contributed by atoms with E-state index in [0.717, 1.165) is 0 Å². The van der Waals surface area contributed by atoms with Crippen LogP contribution in [0.25, 0.3) is 0 Å². The lowest BCUT2D eigenvalue weighted by atomic mass is 10.3. The molecule has 1 nitrogen and oxygen atoms in total. The maximum atomic E-state index is 12.6. The number of alkyl halides is 14. The van der Waals surface area contributed by atoms with E-state index in [1.807, 2.05) is 0 Å². The maximum absolute atomic E-state index is 12.6. The Bertz CT molecular complexity index is 403. The van der Waals surface area contributed by atoms with Gasteiger partial charge in [0.05, 0.1) is 0 Å². The fourth-order valence-corrected chi connectivity index (χ4v) is 1.89. The second-order valence-electron chi connectivity index (χ2n) is 3.52. The van der Waals surface area contributed by atoms with E-state index in [1.54, 1.807) is 0 Å². The molecule has 0 amide bonds. The molecule has 0 rings (SSSR count). The molecule has 0 spiro atoms. The molecule has 0 aliphatic carbocycles. The first kappa shape index (κ1) is 21.1. The van der Waals surface area contributed by atoms with E-state index in [9.17, 15) is 66.0 Å². The summed E-state index contributed by atoms with van der Waals surface area (Å²) in [5, 5.41) is 0. The molecule has 0 aliphatic rings. The molecule has 0 N–H and O–H groups in total. The van der Waals surface area contributed by atoms with E-state index in [-0.39, 0.29) is 0 Å². The van der Waals surface area contributed by atoms with E-state index >= 15 is 0 Å². The third kappa shape index (κ3) is 2.83. The summed E-state index contributed by atoms with van der Waals surface area (Å²) in [6.07, 6.45) is -14.7. The highest BCUT2D eigenvalue weighted by Crippen LogP contribution is 2.68. The first-order chi connectivity index (χ1) is 9.15. The number of hydrogen-bond acceptors (Lipinski definition) is 1. The molecule has 0 aromatic heterocycles. The Morgan fingerprint density at radius 1 is 0.455 bits per heavy atom. The molecule has 0 aliphatic heterocycles. The average molecular weight is 385 g/mol. The molecule has 0 unspecified atom stereocenters. The van der Waals surface area contributed by atoms with Crippen molar-refractivity contribution in [2.45, 2.75) is 35.5 Å². The van der Waals surface area contributed by atoms with Crippen molar-refractivity contribution in [3.63, 3.8) is 0 Å². The molecule has 1 radical (unpaired) electrons. The van der Waals surface area contributed by atoms with Crippen molar-refractivity contribution in [3.05, 3.63) is 0 Å². The first-order valence-electron chi connectivity index (χ1n) is 4.28. The Balaban J connectivity index is 6.07. The van der Waals surface area contributed by atoms with Gasteiger partial charge in [-0.2, -0.15) is 61.5 Å². The van der Waals surface area contributed by atoms with Crippen molar-refractivity contribution in [2.75, 3.05) is 0 Å². The molecular weight excluding hydrogens is 385 g/mol. The van der Waals surface area contributed by atoms with Crippen LogP contribution in [0.2, 0.25) is 0 Å². The highest BCUT2D eigenvalue weighted by molar-refractivity contribution is 7.47. The van der Waals surface area contributed by atoms with Crippen molar-refractivity contribution in [2.24, 2.45) is 0 Å². The number of rotatable bonds is 4. The van der Waals surface area contributed by atoms with E-state index in [1.165, 1.54) is 0 Å². The van der Waals surface area contributed by atoms with Gasteiger partial charge in [-0.15, -0.1) is 0 Å². The molecule has 0 fully saturated rings. The minimum absolute atomic E-state index is 7.03. The van der Waals surface area contributed by atoms with Crippen LogP contribution in [0.3, 0.4) is 0 Å². The highest BCUT2D eigenvalue weighted by Gasteiger charge is 2.85. The van der Waals surface area contributed by atoms with E-state index in [4.69, 9.17) is 0 Å². The van der Waals surface area contributed by atoms with Crippen LogP contribution in [0.4, 0.5) is 61.5 Å². The SMILES string of the molecule is O=[P](C(F)(F)C(F)(F)C(F)(F)F)C(F)(F)C(F)(F)C(F)(F)F. The molecule has 16 heteroatoms. The van der Waals surface area contributed by atoms with E-state index in [0.29, 0.717) is 0 Å². The lowest BCUT2D eigenvalue weighted by Gasteiger charge is -2.32. The Morgan fingerprint density at radius 3 is 0.773 bits per heavy atom. The molecule has 0 aromatic carbocycles. The van der Waals surface area contributed by atoms with Crippen molar-refractivity contribution in [3.8, 4) is 0 Å². The van der Waals surface area contributed by atoms with Gasteiger partial charge in [0.2, 0.25) is 7.80 Å². The molecule has 22 heavy (non-hydrogen) atoms. The Kier molecular flexibility index (Phi) is 4.86. The highest BCUT2D eigenvalue weighted by atomic mass is 31.1. The molecule has 0 bridgehead atoms. The standard InChI is InChI=1S/C6F14OP/c7-1(8,3(11,12)13)5(17,18)22(21)6(19,20)2(9,10)4(14,15)16. The van der Waals surface area contributed by atoms with Gasteiger partial charge in [-0.1, -0.05) is 0 Å². The van der Waals surface area contributed by atoms with Crippen LogP contribution in [0.1, 0.15) is 0 Å². The number of halogens is 14. The molecule has 0 heterocycles. The summed E-state index contributed by atoms with van der Waals surface area (Å²) >= 11 is 0. The van der Waals surface area contributed by atoms with Gasteiger partial charge in [0.1, 0.15) is 0 Å². The predicted molar refractivity (Wildman–Crippen MR) is 39.5 cm³/mol. The third-order valence-corrected chi connectivity index (χ3v) is 3.56. The second kappa shape index (κ2) is 5.06. The molecule has 0 saturated carbocycles. The average Bonchev–Trinajstić information content (AvgIpc) is 2.24.